The van der Waals surface area contributed by atoms with E-state index >= 15 is 0 Å². The van der Waals surface area contributed by atoms with E-state index in [9.17, 15) is 9.90 Å². The van der Waals surface area contributed by atoms with Gasteiger partial charge in [-0.2, -0.15) is 0 Å². The van der Waals surface area contributed by atoms with Crippen molar-refractivity contribution in [1.29, 1.82) is 0 Å². The summed E-state index contributed by atoms with van der Waals surface area (Å²) in [4.78, 5) is 11.5. The zero-order valence-electron chi connectivity index (χ0n) is 14.1. The SMILES string of the molecule is C[C@H](CCc1ccccc1)[C@@H](O)C/C=C/C(=O)OC(C)(C)C. The lowest BCUT2D eigenvalue weighted by Crippen LogP contribution is -2.22. The number of hydrogen-bond acceptors (Lipinski definition) is 3. The van der Waals surface area contributed by atoms with Crippen LogP contribution in [0.3, 0.4) is 0 Å². The number of aliphatic hydroxyl groups excluding tert-OH is 1. The number of carbonyl (C=O) groups excluding carboxylic acids is 1. The van der Waals surface area contributed by atoms with E-state index in [2.05, 4.69) is 12.1 Å². The number of rotatable bonds is 7. The number of esters is 1. The van der Waals surface area contributed by atoms with Crippen LogP contribution in [-0.2, 0) is 16.0 Å². The monoisotopic (exact) mass is 304 g/mol. The van der Waals surface area contributed by atoms with Crippen LogP contribution in [-0.4, -0.2) is 22.8 Å². The van der Waals surface area contributed by atoms with Crippen molar-refractivity contribution < 1.29 is 14.6 Å². The quantitative estimate of drug-likeness (QED) is 0.614. The highest BCUT2D eigenvalue weighted by atomic mass is 16.6. The Bertz CT molecular complexity index is 471. The molecule has 1 N–H and O–H groups in total. The number of hydrogen-bond donors (Lipinski definition) is 1. The average Bonchev–Trinajstić information content (AvgIpc) is 2.43. The van der Waals surface area contributed by atoms with Gasteiger partial charge >= 0.3 is 5.97 Å². The van der Waals surface area contributed by atoms with E-state index in [1.165, 1.54) is 11.6 Å². The summed E-state index contributed by atoms with van der Waals surface area (Å²) in [5.41, 5.74) is 0.800. The molecule has 0 radical (unpaired) electrons. The molecule has 1 aromatic carbocycles. The van der Waals surface area contributed by atoms with Crippen LogP contribution >= 0.6 is 0 Å². The van der Waals surface area contributed by atoms with E-state index in [1.54, 1.807) is 6.08 Å². The summed E-state index contributed by atoms with van der Waals surface area (Å²) in [6, 6.07) is 10.3. The predicted molar refractivity (Wildman–Crippen MR) is 89.5 cm³/mol. The summed E-state index contributed by atoms with van der Waals surface area (Å²) in [5.74, 6) is -0.180. The van der Waals surface area contributed by atoms with Crippen LogP contribution in [0.1, 0.15) is 46.1 Å². The number of aryl methyl sites for hydroxylation is 1. The van der Waals surface area contributed by atoms with Crippen LogP contribution in [0, 0.1) is 5.92 Å². The molecule has 0 saturated carbocycles. The number of benzene rings is 1. The Balaban J connectivity index is 2.32. The van der Waals surface area contributed by atoms with Crippen molar-refractivity contribution in [2.75, 3.05) is 0 Å². The lowest BCUT2D eigenvalue weighted by molar-refractivity contribution is -0.148. The first-order valence-electron chi connectivity index (χ1n) is 7.89. The lowest BCUT2D eigenvalue weighted by atomic mass is 9.94. The Kier molecular flexibility index (Phi) is 7.33. The molecule has 0 spiro atoms. The molecule has 0 fully saturated rings. The Morgan fingerprint density at radius 3 is 2.50 bits per heavy atom. The maximum absolute atomic E-state index is 11.5. The fourth-order valence-electron chi connectivity index (χ4n) is 2.10. The van der Waals surface area contributed by atoms with Gasteiger partial charge in [-0.3, -0.25) is 0 Å². The molecule has 1 aromatic rings. The molecule has 0 unspecified atom stereocenters. The van der Waals surface area contributed by atoms with E-state index in [0.717, 1.165) is 12.8 Å². The van der Waals surface area contributed by atoms with Gasteiger partial charge in [-0.05, 0) is 51.5 Å². The topological polar surface area (TPSA) is 46.5 Å². The van der Waals surface area contributed by atoms with Gasteiger partial charge in [0.2, 0.25) is 0 Å². The molecule has 1 rings (SSSR count). The van der Waals surface area contributed by atoms with Gasteiger partial charge in [0.15, 0.2) is 0 Å². The van der Waals surface area contributed by atoms with Gasteiger partial charge in [0.25, 0.3) is 0 Å². The van der Waals surface area contributed by atoms with Gasteiger partial charge < -0.3 is 9.84 Å². The first-order valence-corrected chi connectivity index (χ1v) is 7.89. The van der Waals surface area contributed by atoms with Crippen LogP contribution in [0.5, 0.6) is 0 Å². The molecule has 0 bridgehead atoms. The van der Waals surface area contributed by atoms with E-state index in [0.29, 0.717) is 6.42 Å². The van der Waals surface area contributed by atoms with E-state index in [-0.39, 0.29) is 11.9 Å². The van der Waals surface area contributed by atoms with Crippen molar-refractivity contribution in [3.8, 4) is 0 Å². The summed E-state index contributed by atoms with van der Waals surface area (Å²) in [5, 5.41) is 10.1. The van der Waals surface area contributed by atoms with Gasteiger partial charge in [-0.1, -0.05) is 43.3 Å². The minimum Gasteiger partial charge on any atom is -0.457 e. The summed E-state index contributed by atoms with van der Waals surface area (Å²) in [6.45, 7) is 7.53. The molecule has 0 aliphatic carbocycles. The third kappa shape index (κ3) is 7.99. The lowest BCUT2D eigenvalue weighted by Gasteiger charge is -2.19. The van der Waals surface area contributed by atoms with Crippen LogP contribution < -0.4 is 0 Å². The zero-order valence-corrected chi connectivity index (χ0v) is 14.1. The maximum Gasteiger partial charge on any atom is 0.330 e. The Hall–Kier alpha value is -1.61. The van der Waals surface area contributed by atoms with Gasteiger partial charge in [-0.25, -0.2) is 4.79 Å². The van der Waals surface area contributed by atoms with Crippen LogP contribution in [0.15, 0.2) is 42.5 Å². The third-order valence-corrected chi connectivity index (χ3v) is 3.43. The van der Waals surface area contributed by atoms with E-state index in [4.69, 9.17) is 4.74 Å². The molecule has 22 heavy (non-hydrogen) atoms. The van der Waals surface area contributed by atoms with E-state index in [1.807, 2.05) is 45.9 Å². The molecule has 0 saturated heterocycles. The average molecular weight is 304 g/mol. The largest absolute Gasteiger partial charge is 0.457 e. The molecule has 2 atom stereocenters. The molecule has 0 aliphatic heterocycles. The fraction of sp³-hybridized carbons (Fsp3) is 0.526. The highest BCUT2D eigenvalue weighted by molar-refractivity contribution is 5.82. The molecule has 0 heterocycles. The minimum atomic E-state index is -0.483. The second-order valence-electron chi connectivity index (χ2n) is 6.74. The molecule has 3 nitrogen and oxygen atoms in total. The summed E-state index contributed by atoms with van der Waals surface area (Å²) < 4.78 is 5.18. The Morgan fingerprint density at radius 2 is 1.91 bits per heavy atom. The van der Waals surface area contributed by atoms with Gasteiger partial charge in [-0.15, -0.1) is 0 Å². The van der Waals surface area contributed by atoms with Crippen LogP contribution in [0.4, 0.5) is 0 Å². The molecular formula is C19H28O3. The van der Waals surface area contributed by atoms with Crippen LogP contribution in [0.2, 0.25) is 0 Å². The molecule has 0 aromatic heterocycles. The molecule has 3 heteroatoms. The van der Waals surface area contributed by atoms with Crippen molar-refractivity contribution in [2.45, 2.75) is 58.7 Å². The first-order chi connectivity index (χ1) is 10.3. The van der Waals surface area contributed by atoms with E-state index < -0.39 is 11.7 Å². The summed E-state index contributed by atoms with van der Waals surface area (Å²) in [7, 11) is 0. The number of ether oxygens (including phenoxy) is 1. The number of aliphatic hydroxyl groups is 1. The maximum atomic E-state index is 11.5. The highest BCUT2D eigenvalue weighted by Gasteiger charge is 2.15. The first kappa shape index (κ1) is 18.4. The molecule has 0 aliphatic rings. The third-order valence-electron chi connectivity index (χ3n) is 3.43. The van der Waals surface area contributed by atoms with Gasteiger partial charge in [0, 0.05) is 6.08 Å². The molecule has 122 valence electrons. The van der Waals surface area contributed by atoms with Gasteiger partial charge in [0.05, 0.1) is 6.10 Å². The standard InChI is InChI=1S/C19H28O3/c1-15(13-14-16-9-6-5-7-10-16)17(20)11-8-12-18(21)22-19(2,3)4/h5-10,12,15,17,20H,11,13-14H2,1-4H3/b12-8+/t15-,17+/m1/s1. The van der Waals surface area contributed by atoms with Crippen molar-refractivity contribution >= 4 is 5.97 Å². The second kappa shape index (κ2) is 8.74. The minimum absolute atomic E-state index is 0.184. The van der Waals surface area contributed by atoms with Crippen molar-refractivity contribution in [3.63, 3.8) is 0 Å². The second-order valence-corrected chi connectivity index (χ2v) is 6.74. The molecular weight excluding hydrogens is 276 g/mol. The smallest absolute Gasteiger partial charge is 0.330 e. The Morgan fingerprint density at radius 1 is 1.27 bits per heavy atom. The summed E-state index contributed by atoms with van der Waals surface area (Å²) in [6.07, 6.45) is 4.99. The molecule has 0 amide bonds. The highest BCUT2D eigenvalue weighted by Crippen LogP contribution is 2.16. The van der Waals surface area contributed by atoms with Crippen molar-refractivity contribution in [1.82, 2.24) is 0 Å². The van der Waals surface area contributed by atoms with Crippen LogP contribution in [0.25, 0.3) is 0 Å². The Labute approximate surface area is 134 Å². The zero-order chi connectivity index (χ0) is 16.6. The number of carbonyl (C=O) groups is 1. The van der Waals surface area contributed by atoms with Crippen molar-refractivity contribution in [3.05, 3.63) is 48.0 Å². The van der Waals surface area contributed by atoms with Crippen molar-refractivity contribution in [2.24, 2.45) is 5.92 Å². The predicted octanol–water partition coefficient (Wildman–Crippen LogP) is 3.90. The summed E-state index contributed by atoms with van der Waals surface area (Å²) >= 11 is 0. The normalized spacial score (nSPS) is 14.8. The fourth-order valence-corrected chi connectivity index (χ4v) is 2.10. The van der Waals surface area contributed by atoms with Gasteiger partial charge in [0.1, 0.15) is 5.60 Å².